The molecule has 0 spiro atoms. The Morgan fingerprint density at radius 3 is 2.64 bits per heavy atom. The number of halogens is 1. The van der Waals surface area contributed by atoms with Crippen LogP contribution in [0.5, 0.6) is 11.5 Å². The average Bonchev–Trinajstić information content (AvgIpc) is 2.69. The van der Waals surface area contributed by atoms with Gasteiger partial charge >= 0.3 is 0 Å². The van der Waals surface area contributed by atoms with Crippen LogP contribution in [0.1, 0.15) is 12.0 Å². The summed E-state index contributed by atoms with van der Waals surface area (Å²) in [7, 11) is 3.55. The van der Waals surface area contributed by atoms with Crippen molar-refractivity contribution in [3.05, 3.63) is 64.3 Å². The molecule has 0 aliphatic carbocycles. The van der Waals surface area contributed by atoms with Crippen LogP contribution in [-0.2, 0) is 0 Å². The lowest BCUT2D eigenvalue weighted by Crippen LogP contribution is -2.24. The van der Waals surface area contributed by atoms with Crippen molar-refractivity contribution in [2.75, 3.05) is 27.2 Å². The molecule has 1 aromatic heterocycles. The lowest BCUT2D eigenvalue weighted by atomic mass is 9.95. The van der Waals surface area contributed by atoms with Crippen molar-refractivity contribution in [3.63, 3.8) is 0 Å². The number of benzene rings is 2. The molecule has 1 aliphatic rings. The first-order valence-corrected chi connectivity index (χ1v) is 8.99. The third-order valence-electron chi connectivity index (χ3n) is 5.10. The summed E-state index contributed by atoms with van der Waals surface area (Å²) >= 11 is 0. The molecule has 6 heteroatoms. The van der Waals surface area contributed by atoms with Crippen molar-refractivity contribution in [1.29, 1.82) is 0 Å². The molecular weight excluding hydrogens is 361 g/mol. The van der Waals surface area contributed by atoms with Gasteiger partial charge in [-0.2, -0.15) is 0 Å². The summed E-state index contributed by atoms with van der Waals surface area (Å²) in [5.41, 5.74) is 2.40. The highest BCUT2D eigenvalue weighted by Gasteiger charge is 2.23. The number of methoxy groups -OCH3 is 1. The van der Waals surface area contributed by atoms with Gasteiger partial charge in [0.1, 0.15) is 29.0 Å². The second kappa shape index (κ2) is 7.13. The van der Waals surface area contributed by atoms with Crippen molar-refractivity contribution in [2.24, 2.45) is 0 Å². The Labute approximate surface area is 161 Å². The van der Waals surface area contributed by atoms with Crippen LogP contribution in [0.3, 0.4) is 0 Å². The molecule has 0 bridgehead atoms. The van der Waals surface area contributed by atoms with E-state index in [4.69, 9.17) is 9.15 Å². The van der Waals surface area contributed by atoms with Gasteiger partial charge in [0.05, 0.1) is 18.2 Å². The maximum Gasteiger partial charge on any atom is 0.204 e. The molecule has 1 N–H and O–H groups in total. The van der Waals surface area contributed by atoms with E-state index in [9.17, 15) is 14.3 Å². The molecule has 0 atom stereocenters. The van der Waals surface area contributed by atoms with Gasteiger partial charge in [-0.05, 0) is 36.7 Å². The zero-order chi connectivity index (χ0) is 19.8. The summed E-state index contributed by atoms with van der Waals surface area (Å²) in [5.74, 6) is -0.140. The molecule has 0 amide bonds. The topological polar surface area (TPSA) is 62.9 Å². The monoisotopic (exact) mass is 381 g/mol. The standard InChI is InChI=1S/C22H20FNO4/c1-24-9-7-14(8-10-24)19-18(27-2)11-17(25)20-21(26)16(12-28-22(19)20)13-3-5-15(23)6-4-13/h3-7,11-12,25H,8-10H2,1-2H3. The predicted molar refractivity (Wildman–Crippen MR) is 106 cm³/mol. The Balaban J connectivity index is 1.98. The molecule has 0 saturated heterocycles. The minimum Gasteiger partial charge on any atom is -0.507 e. The number of hydrogen-bond donors (Lipinski definition) is 1. The first-order valence-electron chi connectivity index (χ1n) is 8.99. The number of phenols is 1. The minimum absolute atomic E-state index is 0.0949. The second-order valence-electron chi connectivity index (χ2n) is 6.90. The number of fused-ring (bicyclic) bond motifs is 1. The van der Waals surface area contributed by atoms with Crippen LogP contribution in [0.15, 0.2) is 51.9 Å². The lowest BCUT2D eigenvalue weighted by Gasteiger charge is -2.23. The van der Waals surface area contributed by atoms with Crippen LogP contribution in [0.4, 0.5) is 4.39 Å². The van der Waals surface area contributed by atoms with E-state index < -0.39 is 5.82 Å². The normalized spacial score (nSPS) is 14.9. The van der Waals surface area contributed by atoms with Gasteiger partial charge in [0, 0.05) is 19.2 Å². The van der Waals surface area contributed by atoms with Crippen LogP contribution in [0.25, 0.3) is 27.7 Å². The third kappa shape index (κ3) is 3.05. The van der Waals surface area contributed by atoms with E-state index in [1.54, 1.807) is 0 Å². The number of aromatic hydroxyl groups is 1. The van der Waals surface area contributed by atoms with Gasteiger partial charge in [-0.25, -0.2) is 4.39 Å². The van der Waals surface area contributed by atoms with Crippen LogP contribution in [0, 0.1) is 5.82 Å². The highest BCUT2D eigenvalue weighted by Crippen LogP contribution is 2.40. The van der Waals surface area contributed by atoms with E-state index in [2.05, 4.69) is 11.0 Å². The smallest absolute Gasteiger partial charge is 0.204 e. The molecule has 0 unspecified atom stereocenters. The summed E-state index contributed by atoms with van der Waals surface area (Å²) < 4.78 is 24.5. The Bertz CT molecular complexity index is 1130. The maximum atomic E-state index is 13.2. The maximum absolute atomic E-state index is 13.2. The Kier molecular flexibility index (Phi) is 4.65. The molecule has 144 valence electrons. The first kappa shape index (κ1) is 18.3. The molecule has 0 radical (unpaired) electrons. The molecule has 0 fully saturated rings. The van der Waals surface area contributed by atoms with Crippen LogP contribution in [-0.4, -0.2) is 37.3 Å². The number of hydrogen-bond acceptors (Lipinski definition) is 5. The molecule has 2 aromatic carbocycles. The largest absolute Gasteiger partial charge is 0.507 e. The molecule has 3 aromatic rings. The zero-order valence-electron chi connectivity index (χ0n) is 15.7. The highest BCUT2D eigenvalue weighted by molar-refractivity contribution is 5.97. The van der Waals surface area contributed by atoms with Crippen molar-refractivity contribution in [2.45, 2.75) is 6.42 Å². The second-order valence-corrected chi connectivity index (χ2v) is 6.90. The van der Waals surface area contributed by atoms with Gasteiger partial charge in [0.25, 0.3) is 0 Å². The van der Waals surface area contributed by atoms with Gasteiger partial charge in [-0.3, -0.25) is 4.79 Å². The first-order chi connectivity index (χ1) is 13.5. The van der Waals surface area contributed by atoms with Crippen molar-refractivity contribution in [3.8, 4) is 22.6 Å². The average molecular weight is 381 g/mol. The van der Waals surface area contributed by atoms with Crippen molar-refractivity contribution < 1.29 is 18.7 Å². The van der Waals surface area contributed by atoms with E-state index in [1.807, 2.05) is 7.05 Å². The van der Waals surface area contributed by atoms with Gasteiger partial charge in [-0.15, -0.1) is 0 Å². The Morgan fingerprint density at radius 1 is 1.25 bits per heavy atom. The highest BCUT2D eigenvalue weighted by atomic mass is 19.1. The fourth-order valence-electron chi connectivity index (χ4n) is 3.56. The third-order valence-corrected chi connectivity index (χ3v) is 5.10. The van der Waals surface area contributed by atoms with E-state index in [0.717, 1.165) is 25.1 Å². The fraction of sp³-hybridized carbons (Fsp3) is 0.227. The number of phenolic OH excluding ortho intramolecular Hbond substituents is 1. The molecular formula is C22H20FNO4. The quantitative estimate of drug-likeness (QED) is 0.742. The molecule has 4 rings (SSSR count). The molecule has 5 nitrogen and oxygen atoms in total. The number of nitrogens with zero attached hydrogens (tertiary/aromatic N) is 1. The van der Waals surface area contributed by atoms with E-state index >= 15 is 0 Å². The molecule has 0 saturated carbocycles. The van der Waals surface area contributed by atoms with Gasteiger partial charge in [0.15, 0.2) is 5.58 Å². The van der Waals surface area contributed by atoms with Crippen molar-refractivity contribution in [1.82, 2.24) is 4.90 Å². The van der Waals surface area contributed by atoms with Gasteiger partial charge < -0.3 is 19.2 Å². The van der Waals surface area contributed by atoms with Crippen molar-refractivity contribution >= 4 is 16.5 Å². The number of rotatable bonds is 3. The summed E-state index contributed by atoms with van der Waals surface area (Å²) in [6, 6.07) is 7.02. The SMILES string of the molecule is COc1cc(O)c2c(=O)c(-c3ccc(F)cc3)coc2c1C1=CCN(C)CC1. The van der Waals surface area contributed by atoms with Gasteiger partial charge in [-0.1, -0.05) is 18.2 Å². The van der Waals surface area contributed by atoms with E-state index in [1.165, 1.54) is 43.7 Å². The molecule has 28 heavy (non-hydrogen) atoms. The van der Waals surface area contributed by atoms with E-state index in [-0.39, 0.29) is 22.1 Å². The Morgan fingerprint density at radius 2 is 2.00 bits per heavy atom. The summed E-state index contributed by atoms with van der Waals surface area (Å²) in [6.07, 6.45) is 4.21. The summed E-state index contributed by atoms with van der Waals surface area (Å²) in [5, 5.41) is 10.6. The zero-order valence-corrected chi connectivity index (χ0v) is 15.7. The minimum atomic E-state index is -0.391. The fourth-order valence-corrected chi connectivity index (χ4v) is 3.56. The lowest BCUT2D eigenvalue weighted by molar-refractivity contribution is 0.368. The van der Waals surface area contributed by atoms with Gasteiger partial charge in [0.2, 0.25) is 5.43 Å². The van der Waals surface area contributed by atoms with Crippen LogP contribution < -0.4 is 10.2 Å². The summed E-state index contributed by atoms with van der Waals surface area (Å²) in [6.45, 7) is 1.65. The molecule has 1 aliphatic heterocycles. The predicted octanol–water partition coefficient (Wildman–Crippen LogP) is 4.03. The summed E-state index contributed by atoms with van der Waals surface area (Å²) in [4.78, 5) is 15.3. The number of ether oxygens (including phenoxy) is 1. The van der Waals surface area contributed by atoms with E-state index in [0.29, 0.717) is 22.5 Å². The molecule has 2 heterocycles. The number of likely N-dealkylation sites (N-methyl/N-ethyl adjacent to an activating group) is 1. The van der Waals surface area contributed by atoms with Crippen LogP contribution in [0.2, 0.25) is 0 Å². The Hall–Kier alpha value is -3.12. The van der Waals surface area contributed by atoms with Crippen LogP contribution >= 0.6 is 0 Å².